The molecule has 6 heteroatoms. The Kier molecular flexibility index (Phi) is 6.86. The number of rotatable bonds is 9. The fourth-order valence-corrected chi connectivity index (χ4v) is 1.37. The molecule has 0 spiro atoms. The van der Waals surface area contributed by atoms with Gasteiger partial charge in [-0.2, -0.15) is 4.98 Å². The van der Waals surface area contributed by atoms with Crippen LogP contribution in [-0.2, 0) is 4.74 Å². The highest BCUT2D eigenvalue weighted by molar-refractivity contribution is 5.54. The van der Waals surface area contributed by atoms with E-state index in [2.05, 4.69) is 22.2 Å². The number of aromatic nitrogens is 2. The quantitative estimate of drug-likeness (QED) is 0.678. The molecule has 1 heterocycles. The Hall–Kier alpha value is -1.56. The van der Waals surface area contributed by atoms with Gasteiger partial charge in [0.25, 0.3) is 5.88 Å². The zero-order valence-electron chi connectivity index (χ0n) is 11.2. The third kappa shape index (κ3) is 4.37. The van der Waals surface area contributed by atoms with E-state index < -0.39 is 0 Å². The van der Waals surface area contributed by atoms with Crippen LogP contribution in [0.4, 0.5) is 5.82 Å². The highest BCUT2D eigenvalue weighted by Crippen LogP contribution is 2.30. The molecule has 0 aromatic carbocycles. The molecule has 0 fully saturated rings. The number of methoxy groups -OCH3 is 1. The molecule has 102 valence electrons. The average Bonchev–Trinajstić information content (AvgIpc) is 2.42. The molecular weight excluding hydrogens is 234 g/mol. The molecule has 0 bridgehead atoms. The zero-order valence-corrected chi connectivity index (χ0v) is 11.2. The van der Waals surface area contributed by atoms with Gasteiger partial charge in [-0.3, -0.25) is 0 Å². The van der Waals surface area contributed by atoms with Gasteiger partial charge < -0.3 is 19.5 Å². The van der Waals surface area contributed by atoms with Crippen molar-refractivity contribution in [3.05, 3.63) is 6.33 Å². The van der Waals surface area contributed by atoms with Gasteiger partial charge in [0.15, 0.2) is 5.82 Å². The maximum atomic E-state index is 5.51. The van der Waals surface area contributed by atoms with Crippen LogP contribution in [0.1, 0.15) is 19.8 Å². The highest BCUT2D eigenvalue weighted by atomic mass is 16.5. The first-order chi connectivity index (χ1) is 8.83. The van der Waals surface area contributed by atoms with E-state index in [9.17, 15) is 0 Å². The molecule has 0 aliphatic rings. The highest BCUT2D eigenvalue weighted by Gasteiger charge is 2.11. The Morgan fingerprint density at radius 1 is 1.22 bits per heavy atom. The van der Waals surface area contributed by atoms with Crippen molar-refractivity contribution in [3.8, 4) is 11.6 Å². The van der Waals surface area contributed by atoms with Crippen LogP contribution in [0.5, 0.6) is 11.6 Å². The van der Waals surface area contributed by atoms with Crippen molar-refractivity contribution in [3.63, 3.8) is 0 Å². The largest absolute Gasteiger partial charge is 0.489 e. The third-order valence-corrected chi connectivity index (χ3v) is 2.32. The van der Waals surface area contributed by atoms with Crippen LogP contribution in [0.3, 0.4) is 0 Å². The van der Waals surface area contributed by atoms with Crippen molar-refractivity contribution in [2.75, 3.05) is 39.3 Å². The predicted octanol–water partition coefficient (Wildman–Crippen LogP) is 1.72. The predicted molar refractivity (Wildman–Crippen MR) is 69.4 cm³/mol. The van der Waals surface area contributed by atoms with Crippen LogP contribution >= 0.6 is 0 Å². The maximum Gasteiger partial charge on any atom is 0.262 e. The molecule has 0 aliphatic heterocycles. The Bertz CT molecular complexity index is 347. The number of nitrogens with zero attached hydrogens (tertiary/aromatic N) is 2. The van der Waals surface area contributed by atoms with E-state index in [-0.39, 0.29) is 0 Å². The van der Waals surface area contributed by atoms with Gasteiger partial charge in [-0.05, 0) is 6.42 Å². The molecular formula is C12H21N3O3. The van der Waals surface area contributed by atoms with Crippen LogP contribution < -0.4 is 14.8 Å². The van der Waals surface area contributed by atoms with Gasteiger partial charge in [-0.15, -0.1) is 0 Å². The Balaban J connectivity index is 2.41. The molecule has 1 aromatic rings. The number of unbranched alkanes of at least 4 members (excludes halogenated alkanes) is 1. The lowest BCUT2D eigenvalue weighted by atomic mass is 10.4. The monoisotopic (exact) mass is 255 g/mol. The molecule has 0 amide bonds. The summed E-state index contributed by atoms with van der Waals surface area (Å²) >= 11 is 0. The summed E-state index contributed by atoms with van der Waals surface area (Å²) in [7, 11) is 3.33. The van der Waals surface area contributed by atoms with E-state index in [1.54, 1.807) is 14.2 Å². The van der Waals surface area contributed by atoms with Crippen molar-refractivity contribution in [2.24, 2.45) is 0 Å². The minimum Gasteiger partial charge on any atom is -0.489 e. The Morgan fingerprint density at radius 3 is 2.72 bits per heavy atom. The van der Waals surface area contributed by atoms with Gasteiger partial charge in [0, 0.05) is 13.7 Å². The zero-order chi connectivity index (χ0) is 13.2. The lowest BCUT2D eigenvalue weighted by molar-refractivity contribution is 0.0953. The summed E-state index contributed by atoms with van der Waals surface area (Å²) in [6.07, 6.45) is 3.63. The average molecular weight is 255 g/mol. The van der Waals surface area contributed by atoms with Crippen molar-refractivity contribution < 1.29 is 14.2 Å². The second-order valence-corrected chi connectivity index (χ2v) is 3.63. The van der Waals surface area contributed by atoms with Crippen LogP contribution in [0.2, 0.25) is 0 Å². The van der Waals surface area contributed by atoms with Crippen LogP contribution in [0, 0.1) is 0 Å². The first-order valence-corrected chi connectivity index (χ1v) is 6.10. The van der Waals surface area contributed by atoms with Gasteiger partial charge in [-0.25, -0.2) is 4.98 Å². The third-order valence-electron chi connectivity index (χ3n) is 2.32. The summed E-state index contributed by atoms with van der Waals surface area (Å²) in [5, 5.41) is 2.92. The van der Waals surface area contributed by atoms with E-state index in [1.807, 2.05) is 0 Å². The second-order valence-electron chi connectivity index (χ2n) is 3.63. The Morgan fingerprint density at radius 2 is 2.06 bits per heavy atom. The number of hydrogen-bond acceptors (Lipinski definition) is 6. The summed E-state index contributed by atoms with van der Waals surface area (Å²) in [5.41, 5.74) is 0. The van der Waals surface area contributed by atoms with Gasteiger partial charge in [-0.1, -0.05) is 13.3 Å². The molecule has 1 N–H and O–H groups in total. The van der Waals surface area contributed by atoms with Crippen molar-refractivity contribution in [1.82, 2.24) is 9.97 Å². The fourth-order valence-electron chi connectivity index (χ4n) is 1.37. The molecule has 0 saturated carbocycles. The number of nitrogens with one attached hydrogen (secondary N) is 1. The maximum absolute atomic E-state index is 5.51. The van der Waals surface area contributed by atoms with Gasteiger partial charge in [0.2, 0.25) is 5.75 Å². The summed E-state index contributed by atoms with van der Waals surface area (Å²) in [6, 6.07) is 0. The normalized spacial score (nSPS) is 10.2. The summed E-state index contributed by atoms with van der Waals surface area (Å²) < 4.78 is 16.1. The van der Waals surface area contributed by atoms with Crippen molar-refractivity contribution >= 4 is 5.82 Å². The van der Waals surface area contributed by atoms with Gasteiger partial charge in [0.1, 0.15) is 12.9 Å². The second kappa shape index (κ2) is 8.52. The SMILES string of the molecule is CCCCOCCOc1ncnc(NC)c1OC. The molecule has 1 aromatic heterocycles. The van der Waals surface area contributed by atoms with E-state index in [0.717, 1.165) is 19.4 Å². The van der Waals surface area contributed by atoms with E-state index in [1.165, 1.54) is 6.33 Å². The lowest BCUT2D eigenvalue weighted by Gasteiger charge is -2.11. The number of anilines is 1. The molecule has 0 unspecified atom stereocenters. The van der Waals surface area contributed by atoms with Crippen molar-refractivity contribution in [2.45, 2.75) is 19.8 Å². The summed E-state index contributed by atoms with van der Waals surface area (Å²) in [5.74, 6) is 1.54. The molecule has 0 aliphatic carbocycles. The fraction of sp³-hybridized carbons (Fsp3) is 0.667. The first kappa shape index (κ1) is 14.5. The van der Waals surface area contributed by atoms with Gasteiger partial charge >= 0.3 is 0 Å². The van der Waals surface area contributed by atoms with E-state index in [0.29, 0.717) is 30.7 Å². The first-order valence-electron chi connectivity index (χ1n) is 6.10. The molecule has 0 radical (unpaired) electrons. The smallest absolute Gasteiger partial charge is 0.262 e. The summed E-state index contributed by atoms with van der Waals surface area (Å²) in [4.78, 5) is 8.08. The molecule has 1 rings (SSSR count). The van der Waals surface area contributed by atoms with E-state index in [4.69, 9.17) is 14.2 Å². The molecule has 6 nitrogen and oxygen atoms in total. The summed E-state index contributed by atoms with van der Waals surface area (Å²) in [6.45, 7) is 3.88. The molecule has 0 atom stereocenters. The van der Waals surface area contributed by atoms with Crippen LogP contribution in [-0.4, -0.2) is 43.9 Å². The van der Waals surface area contributed by atoms with E-state index >= 15 is 0 Å². The van der Waals surface area contributed by atoms with Gasteiger partial charge in [0.05, 0.1) is 13.7 Å². The lowest BCUT2D eigenvalue weighted by Crippen LogP contribution is -2.10. The standard InChI is InChI=1S/C12H21N3O3/c1-4-5-6-17-7-8-18-12-10(16-3)11(13-2)14-9-15-12/h9H,4-8H2,1-3H3,(H,13,14,15). The Labute approximate surface area is 108 Å². The molecule has 18 heavy (non-hydrogen) atoms. The van der Waals surface area contributed by atoms with Crippen LogP contribution in [0.25, 0.3) is 0 Å². The number of ether oxygens (including phenoxy) is 3. The molecule has 0 saturated heterocycles. The number of hydrogen-bond donors (Lipinski definition) is 1. The topological polar surface area (TPSA) is 65.5 Å². The minimum atomic E-state index is 0.427. The minimum absolute atomic E-state index is 0.427. The van der Waals surface area contributed by atoms with Crippen molar-refractivity contribution in [1.29, 1.82) is 0 Å². The van der Waals surface area contributed by atoms with Crippen LogP contribution in [0.15, 0.2) is 6.33 Å².